The van der Waals surface area contributed by atoms with Crippen LogP contribution in [0.3, 0.4) is 0 Å². The first-order chi connectivity index (χ1) is 13.9. The van der Waals surface area contributed by atoms with Crippen LogP contribution in [0.15, 0.2) is 47.4 Å². The zero-order valence-electron chi connectivity index (χ0n) is 16.9. The lowest BCUT2D eigenvalue weighted by Crippen LogP contribution is -2.35. The molecule has 1 saturated heterocycles. The maximum atomic E-state index is 13.6. The van der Waals surface area contributed by atoms with Crippen LogP contribution >= 0.6 is 0 Å². The summed E-state index contributed by atoms with van der Waals surface area (Å²) in [6.07, 6.45) is 2.86. The lowest BCUT2D eigenvalue weighted by molar-refractivity contribution is 0.315. The van der Waals surface area contributed by atoms with Gasteiger partial charge >= 0.3 is 0 Å². The average Bonchev–Trinajstić information content (AvgIpc) is 2.72. The molecule has 1 aliphatic rings. The summed E-state index contributed by atoms with van der Waals surface area (Å²) in [6, 6.07) is 11.4. The highest BCUT2D eigenvalue weighted by Gasteiger charge is 2.26. The van der Waals surface area contributed by atoms with E-state index in [-0.39, 0.29) is 17.3 Å². The number of benzene rings is 2. The van der Waals surface area contributed by atoms with Crippen LogP contribution in [-0.4, -0.2) is 53.1 Å². The number of rotatable bonds is 8. The van der Waals surface area contributed by atoms with Gasteiger partial charge in [0.15, 0.2) is 11.6 Å². The minimum absolute atomic E-state index is 0.198. The highest BCUT2D eigenvalue weighted by molar-refractivity contribution is 7.89. The number of piperidine rings is 1. The van der Waals surface area contributed by atoms with Crippen LogP contribution in [0.2, 0.25) is 0 Å². The number of hydrogen-bond acceptors (Lipinski definition) is 5. The third-order valence-corrected chi connectivity index (χ3v) is 6.81. The van der Waals surface area contributed by atoms with Gasteiger partial charge in [-0.15, -0.1) is 0 Å². The van der Waals surface area contributed by atoms with Crippen LogP contribution in [0.1, 0.15) is 19.3 Å². The molecule has 0 saturated carbocycles. The Morgan fingerprint density at radius 1 is 1.10 bits per heavy atom. The summed E-state index contributed by atoms with van der Waals surface area (Å²) in [5.41, 5.74) is 1.57. The molecule has 6 nitrogen and oxygen atoms in total. The summed E-state index contributed by atoms with van der Waals surface area (Å²) in [5.74, 6) is -0.209. The number of sulfonamides is 1. The van der Waals surface area contributed by atoms with E-state index in [0.717, 1.165) is 24.9 Å². The second-order valence-electron chi connectivity index (χ2n) is 7.24. The van der Waals surface area contributed by atoms with Crippen LogP contribution < -0.4 is 15.0 Å². The van der Waals surface area contributed by atoms with Crippen molar-refractivity contribution in [2.75, 3.05) is 50.6 Å². The van der Waals surface area contributed by atoms with Gasteiger partial charge in [-0.3, -0.25) is 0 Å². The van der Waals surface area contributed by atoms with E-state index in [2.05, 4.69) is 5.32 Å². The lowest BCUT2D eigenvalue weighted by Gasteiger charge is -2.27. The second kappa shape index (κ2) is 9.45. The van der Waals surface area contributed by atoms with Gasteiger partial charge in [0.25, 0.3) is 0 Å². The molecule has 2 aromatic carbocycles. The number of nitrogens with one attached hydrogen (secondary N) is 1. The number of ether oxygens (including phenoxy) is 1. The summed E-state index contributed by atoms with van der Waals surface area (Å²) in [6.45, 7) is 1.79. The third-order valence-electron chi connectivity index (χ3n) is 4.91. The Kier molecular flexibility index (Phi) is 6.97. The van der Waals surface area contributed by atoms with E-state index in [9.17, 15) is 12.8 Å². The van der Waals surface area contributed by atoms with Crippen molar-refractivity contribution in [2.24, 2.45) is 0 Å². The highest BCUT2D eigenvalue weighted by atomic mass is 32.2. The fraction of sp³-hybridized carbons (Fsp3) is 0.429. The van der Waals surface area contributed by atoms with Crippen LogP contribution in [0.5, 0.6) is 5.75 Å². The molecule has 1 heterocycles. The number of para-hydroxylation sites is 1. The Balaban J connectivity index is 1.72. The van der Waals surface area contributed by atoms with Gasteiger partial charge in [0.05, 0.1) is 16.3 Å². The Hall–Kier alpha value is -2.32. The average molecular weight is 422 g/mol. The molecule has 0 amide bonds. The predicted molar refractivity (Wildman–Crippen MR) is 114 cm³/mol. The van der Waals surface area contributed by atoms with Crippen molar-refractivity contribution in [2.45, 2.75) is 24.2 Å². The quantitative estimate of drug-likeness (QED) is 0.661. The van der Waals surface area contributed by atoms with Crippen LogP contribution in [0.25, 0.3) is 0 Å². The number of hydrogen-bond donors (Lipinski definition) is 1. The highest BCUT2D eigenvalue weighted by Crippen LogP contribution is 2.30. The van der Waals surface area contributed by atoms with Crippen molar-refractivity contribution in [3.63, 3.8) is 0 Å². The number of halogens is 1. The Morgan fingerprint density at radius 2 is 1.83 bits per heavy atom. The van der Waals surface area contributed by atoms with Crippen molar-refractivity contribution in [1.29, 1.82) is 0 Å². The van der Waals surface area contributed by atoms with Crippen LogP contribution in [0.4, 0.5) is 15.8 Å². The molecule has 0 aromatic heterocycles. The molecule has 1 N–H and O–H groups in total. The minimum Gasteiger partial charge on any atom is -0.489 e. The van der Waals surface area contributed by atoms with Crippen LogP contribution in [-0.2, 0) is 10.0 Å². The lowest BCUT2D eigenvalue weighted by atomic mass is 10.2. The van der Waals surface area contributed by atoms with Crippen molar-refractivity contribution in [3.05, 3.63) is 48.3 Å². The van der Waals surface area contributed by atoms with Gasteiger partial charge in [-0.2, -0.15) is 4.31 Å². The molecular weight excluding hydrogens is 393 g/mol. The molecule has 2 aromatic rings. The zero-order chi connectivity index (χ0) is 20.9. The molecule has 8 heteroatoms. The molecule has 158 valence electrons. The van der Waals surface area contributed by atoms with E-state index in [4.69, 9.17) is 4.74 Å². The molecule has 0 atom stereocenters. The largest absolute Gasteiger partial charge is 0.489 e. The smallest absolute Gasteiger partial charge is 0.243 e. The molecule has 0 spiro atoms. The minimum atomic E-state index is -3.51. The fourth-order valence-electron chi connectivity index (χ4n) is 3.37. The van der Waals surface area contributed by atoms with Gasteiger partial charge in [0.1, 0.15) is 6.61 Å². The third kappa shape index (κ3) is 5.19. The molecule has 29 heavy (non-hydrogen) atoms. The summed E-state index contributed by atoms with van der Waals surface area (Å²) < 4.78 is 46.7. The SMILES string of the molecule is CN(C)c1ccc(S(=O)(=O)N2CCCCC2)cc1NCCOc1ccccc1F. The molecule has 1 fully saturated rings. The Labute approximate surface area is 172 Å². The van der Waals surface area contributed by atoms with E-state index < -0.39 is 15.8 Å². The maximum Gasteiger partial charge on any atom is 0.243 e. The van der Waals surface area contributed by atoms with E-state index in [0.29, 0.717) is 25.3 Å². The Bertz CT molecular complexity index is 929. The first-order valence-corrected chi connectivity index (χ1v) is 11.3. The summed E-state index contributed by atoms with van der Waals surface area (Å²) in [7, 11) is 0.284. The van der Waals surface area contributed by atoms with Gasteiger partial charge in [-0.25, -0.2) is 12.8 Å². The monoisotopic (exact) mass is 421 g/mol. The number of anilines is 2. The van der Waals surface area contributed by atoms with Gasteiger partial charge < -0.3 is 15.0 Å². The van der Waals surface area contributed by atoms with Crippen LogP contribution in [0, 0.1) is 5.82 Å². The normalized spacial score (nSPS) is 15.1. The van der Waals surface area contributed by atoms with Crippen molar-refractivity contribution in [1.82, 2.24) is 4.31 Å². The molecule has 0 radical (unpaired) electrons. The van der Waals surface area contributed by atoms with Gasteiger partial charge in [-0.1, -0.05) is 18.6 Å². The summed E-state index contributed by atoms with van der Waals surface area (Å²) in [4.78, 5) is 2.19. The molecule has 1 aliphatic heterocycles. The van der Waals surface area contributed by atoms with E-state index in [1.807, 2.05) is 19.0 Å². The van der Waals surface area contributed by atoms with E-state index in [1.165, 1.54) is 6.07 Å². The maximum absolute atomic E-state index is 13.6. The molecular formula is C21H28FN3O3S. The predicted octanol–water partition coefficient (Wildman–Crippen LogP) is 3.56. The van der Waals surface area contributed by atoms with Gasteiger partial charge in [0, 0.05) is 33.7 Å². The first kappa shape index (κ1) is 21.4. The zero-order valence-corrected chi connectivity index (χ0v) is 17.7. The topological polar surface area (TPSA) is 61.9 Å². The molecule has 0 bridgehead atoms. The molecule has 0 unspecified atom stereocenters. The second-order valence-corrected chi connectivity index (χ2v) is 9.18. The molecule has 3 rings (SSSR count). The summed E-state index contributed by atoms with van der Waals surface area (Å²) in [5, 5.41) is 3.23. The Morgan fingerprint density at radius 3 is 2.52 bits per heavy atom. The standard InChI is InChI=1S/C21H28FN3O3S/c1-24(2)20-11-10-17(29(26,27)25-13-6-3-7-14-25)16-19(20)23-12-15-28-21-9-5-4-8-18(21)22/h4-5,8-11,16,23H,3,6-7,12-15H2,1-2H3. The number of nitrogens with zero attached hydrogens (tertiary/aromatic N) is 2. The molecule has 0 aliphatic carbocycles. The van der Waals surface area contributed by atoms with Crippen molar-refractivity contribution < 1.29 is 17.5 Å². The van der Waals surface area contributed by atoms with Gasteiger partial charge in [-0.05, 0) is 43.2 Å². The first-order valence-electron chi connectivity index (χ1n) is 9.82. The van der Waals surface area contributed by atoms with E-state index in [1.54, 1.807) is 40.7 Å². The van der Waals surface area contributed by atoms with Gasteiger partial charge in [0.2, 0.25) is 10.0 Å². The van der Waals surface area contributed by atoms with E-state index >= 15 is 0 Å². The fourth-order valence-corrected chi connectivity index (χ4v) is 4.91. The van der Waals surface area contributed by atoms with Crippen molar-refractivity contribution >= 4 is 21.4 Å². The summed E-state index contributed by atoms with van der Waals surface area (Å²) >= 11 is 0. The van der Waals surface area contributed by atoms with Crippen molar-refractivity contribution in [3.8, 4) is 5.75 Å².